The van der Waals surface area contributed by atoms with Gasteiger partial charge in [0, 0.05) is 19.7 Å². The number of methoxy groups -OCH3 is 1. The number of nitrogens with zero attached hydrogens (tertiary/aromatic N) is 2. The quantitative estimate of drug-likeness (QED) is 0.869. The van der Waals surface area contributed by atoms with Crippen LogP contribution in [0, 0.1) is 0 Å². The molecule has 0 aliphatic heterocycles. The van der Waals surface area contributed by atoms with E-state index < -0.39 is 0 Å². The van der Waals surface area contributed by atoms with Crippen molar-refractivity contribution < 1.29 is 4.74 Å². The van der Waals surface area contributed by atoms with Gasteiger partial charge in [-0.15, -0.1) is 0 Å². The zero-order valence-corrected chi connectivity index (χ0v) is 10.2. The van der Waals surface area contributed by atoms with Crippen LogP contribution in [0.25, 0.3) is 11.4 Å². The molecule has 0 unspecified atom stereocenters. The molecule has 90 valence electrons. The van der Waals surface area contributed by atoms with Crippen molar-refractivity contribution in [2.75, 3.05) is 13.7 Å². The SMILES string of the molecule is COc1ccccc1-c1nc(CCN)cn1C. The minimum absolute atomic E-state index is 0.613. The Bertz CT molecular complexity index is 505. The fraction of sp³-hybridized carbons (Fsp3) is 0.308. The second-order valence-corrected chi connectivity index (χ2v) is 3.91. The van der Waals surface area contributed by atoms with Crippen molar-refractivity contribution in [2.24, 2.45) is 12.8 Å². The van der Waals surface area contributed by atoms with E-state index in [9.17, 15) is 0 Å². The predicted molar refractivity (Wildman–Crippen MR) is 68.0 cm³/mol. The molecule has 1 aromatic carbocycles. The third-order valence-corrected chi connectivity index (χ3v) is 2.67. The summed E-state index contributed by atoms with van der Waals surface area (Å²) in [4.78, 5) is 4.58. The van der Waals surface area contributed by atoms with Crippen LogP contribution in [0.4, 0.5) is 0 Å². The highest BCUT2D eigenvalue weighted by Gasteiger charge is 2.11. The Balaban J connectivity index is 2.45. The molecule has 0 spiro atoms. The Kier molecular flexibility index (Phi) is 3.44. The molecule has 2 N–H and O–H groups in total. The first kappa shape index (κ1) is 11.7. The lowest BCUT2D eigenvalue weighted by Crippen LogP contribution is -2.02. The van der Waals surface area contributed by atoms with Crippen LogP contribution >= 0.6 is 0 Å². The first-order valence-electron chi connectivity index (χ1n) is 5.62. The Hall–Kier alpha value is -1.81. The number of aromatic nitrogens is 2. The number of rotatable bonds is 4. The molecule has 0 atom stereocenters. The predicted octanol–water partition coefficient (Wildman–Crippen LogP) is 1.60. The highest BCUT2D eigenvalue weighted by atomic mass is 16.5. The number of benzene rings is 1. The smallest absolute Gasteiger partial charge is 0.143 e. The van der Waals surface area contributed by atoms with Crippen molar-refractivity contribution in [1.82, 2.24) is 9.55 Å². The molecule has 1 heterocycles. The molecule has 0 fully saturated rings. The van der Waals surface area contributed by atoms with Gasteiger partial charge in [0.25, 0.3) is 0 Å². The van der Waals surface area contributed by atoms with Crippen LogP contribution in [-0.2, 0) is 13.5 Å². The number of para-hydroxylation sites is 1. The molecule has 0 aliphatic rings. The fourth-order valence-corrected chi connectivity index (χ4v) is 1.88. The van der Waals surface area contributed by atoms with Gasteiger partial charge in [-0.3, -0.25) is 0 Å². The van der Waals surface area contributed by atoms with Gasteiger partial charge in [-0.2, -0.15) is 0 Å². The highest BCUT2D eigenvalue weighted by Crippen LogP contribution is 2.28. The van der Waals surface area contributed by atoms with Crippen molar-refractivity contribution in [3.63, 3.8) is 0 Å². The molecule has 17 heavy (non-hydrogen) atoms. The maximum Gasteiger partial charge on any atom is 0.143 e. The number of aryl methyl sites for hydroxylation is 1. The number of hydrogen-bond acceptors (Lipinski definition) is 3. The summed E-state index contributed by atoms with van der Waals surface area (Å²) >= 11 is 0. The molecule has 0 bridgehead atoms. The number of ether oxygens (including phenoxy) is 1. The Labute approximate surface area is 101 Å². The van der Waals surface area contributed by atoms with E-state index in [-0.39, 0.29) is 0 Å². The van der Waals surface area contributed by atoms with Crippen molar-refractivity contribution in [2.45, 2.75) is 6.42 Å². The summed E-state index contributed by atoms with van der Waals surface area (Å²) in [5, 5.41) is 0. The second kappa shape index (κ2) is 5.01. The molecular weight excluding hydrogens is 214 g/mol. The summed E-state index contributed by atoms with van der Waals surface area (Å²) in [6.45, 7) is 0.613. The monoisotopic (exact) mass is 231 g/mol. The first-order valence-corrected chi connectivity index (χ1v) is 5.62. The minimum Gasteiger partial charge on any atom is -0.496 e. The molecule has 0 amide bonds. The topological polar surface area (TPSA) is 53.1 Å². The Morgan fingerprint density at radius 2 is 2.12 bits per heavy atom. The third-order valence-electron chi connectivity index (χ3n) is 2.67. The van der Waals surface area contributed by atoms with Crippen LogP contribution in [0.15, 0.2) is 30.5 Å². The first-order chi connectivity index (χ1) is 8.26. The van der Waals surface area contributed by atoms with Gasteiger partial charge in [-0.05, 0) is 18.7 Å². The summed E-state index contributed by atoms with van der Waals surface area (Å²) in [6.07, 6.45) is 2.80. The van der Waals surface area contributed by atoms with Crippen molar-refractivity contribution in [1.29, 1.82) is 0 Å². The van der Waals surface area contributed by atoms with Crippen LogP contribution < -0.4 is 10.5 Å². The van der Waals surface area contributed by atoms with Gasteiger partial charge < -0.3 is 15.0 Å². The van der Waals surface area contributed by atoms with Crippen LogP contribution in [0.2, 0.25) is 0 Å². The van der Waals surface area contributed by atoms with E-state index in [1.54, 1.807) is 7.11 Å². The molecule has 1 aromatic heterocycles. The van der Waals surface area contributed by atoms with Crippen LogP contribution in [0.1, 0.15) is 5.69 Å². The summed E-state index contributed by atoms with van der Waals surface area (Å²) in [7, 11) is 3.65. The van der Waals surface area contributed by atoms with Crippen LogP contribution in [0.5, 0.6) is 5.75 Å². The standard InChI is InChI=1S/C13H17N3O/c1-16-9-10(7-8-14)15-13(16)11-5-3-4-6-12(11)17-2/h3-6,9H,7-8,14H2,1-2H3. The van der Waals surface area contributed by atoms with Gasteiger partial charge in [0.05, 0.1) is 18.4 Å². The normalized spacial score (nSPS) is 10.5. The summed E-state index contributed by atoms with van der Waals surface area (Å²) in [5.74, 6) is 1.74. The van der Waals surface area contributed by atoms with Crippen molar-refractivity contribution in [3.05, 3.63) is 36.2 Å². The van der Waals surface area contributed by atoms with E-state index in [4.69, 9.17) is 10.5 Å². The van der Waals surface area contributed by atoms with E-state index in [0.29, 0.717) is 6.54 Å². The molecule has 4 nitrogen and oxygen atoms in total. The largest absolute Gasteiger partial charge is 0.496 e. The lowest BCUT2D eigenvalue weighted by molar-refractivity contribution is 0.416. The van der Waals surface area contributed by atoms with E-state index in [1.807, 2.05) is 42.1 Å². The maximum atomic E-state index is 5.54. The van der Waals surface area contributed by atoms with Gasteiger partial charge in [0.2, 0.25) is 0 Å². The van der Waals surface area contributed by atoms with Crippen LogP contribution in [-0.4, -0.2) is 23.2 Å². The van der Waals surface area contributed by atoms with Gasteiger partial charge in [0.1, 0.15) is 11.6 Å². The zero-order valence-electron chi connectivity index (χ0n) is 10.2. The summed E-state index contributed by atoms with van der Waals surface area (Å²) in [6, 6.07) is 7.88. The molecule has 0 radical (unpaired) electrons. The molecule has 0 saturated heterocycles. The lowest BCUT2D eigenvalue weighted by atomic mass is 10.2. The average molecular weight is 231 g/mol. The van der Waals surface area contributed by atoms with Gasteiger partial charge in [-0.1, -0.05) is 12.1 Å². The molecular formula is C13H17N3O. The van der Waals surface area contributed by atoms with E-state index in [2.05, 4.69) is 4.98 Å². The number of imidazole rings is 1. The van der Waals surface area contributed by atoms with Gasteiger partial charge >= 0.3 is 0 Å². The molecule has 2 rings (SSSR count). The summed E-state index contributed by atoms with van der Waals surface area (Å²) < 4.78 is 7.35. The summed E-state index contributed by atoms with van der Waals surface area (Å²) in [5.41, 5.74) is 7.55. The zero-order chi connectivity index (χ0) is 12.3. The number of hydrogen-bond donors (Lipinski definition) is 1. The van der Waals surface area contributed by atoms with Crippen LogP contribution in [0.3, 0.4) is 0 Å². The molecule has 4 heteroatoms. The van der Waals surface area contributed by atoms with Gasteiger partial charge in [0.15, 0.2) is 0 Å². The fourth-order valence-electron chi connectivity index (χ4n) is 1.88. The van der Waals surface area contributed by atoms with Crippen molar-refractivity contribution in [3.8, 4) is 17.1 Å². The Morgan fingerprint density at radius 3 is 2.82 bits per heavy atom. The molecule has 0 aliphatic carbocycles. The third kappa shape index (κ3) is 2.31. The number of nitrogens with two attached hydrogens (primary N) is 1. The maximum absolute atomic E-state index is 5.54. The van der Waals surface area contributed by atoms with E-state index in [0.717, 1.165) is 29.3 Å². The van der Waals surface area contributed by atoms with Gasteiger partial charge in [-0.25, -0.2) is 4.98 Å². The average Bonchev–Trinajstić information content (AvgIpc) is 2.70. The van der Waals surface area contributed by atoms with Crippen molar-refractivity contribution >= 4 is 0 Å². The highest BCUT2D eigenvalue weighted by molar-refractivity contribution is 5.64. The minimum atomic E-state index is 0.613. The molecule has 0 saturated carbocycles. The lowest BCUT2D eigenvalue weighted by Gasteiger charge is -2.07. The van der Waals surface area contributed by atoms with E-state index in [1.165, 1.54) is 0 Å². The second-order valence-electron chi connectivity index (χ2n) is 3.91. The Morgan fingerprint density at radius 1 is 1.35 bits per heavy atom. The molecule has 2 aromatic rings. The van der Waals surface area contributed by atoms with E-state index >= 15 is 0 Å².